The van der Waals surface area contributed by atoms with E-state index in [-0.39, 0.29) is 23.6 Å². The molecule has 2 aromatic carbocycles. The summed E-state index contributed by atoms with van der Waals surface area (Å²) in [6.45, 7) is 5.94. The van der Waals surface area contributed by atoms with E-state index >= 15 is 0 Å². The summed E-state index contributed by atoms with van der Waals surface area (Å²) in [5.41, 5.74) is 2.56. The first kappa shape index (κ1) is 19.1. The minimum Gasteiger partial charge on any atom is -0.353 e. The zero-order valence-electron chi connectivity index (χ0n) is 14.8. The molecule has 0 spiro atoms. The number of hydrogen-bond donors (Lipinski definition) is 2. The van der Waals surface area contributed by atoms with Crippen LogP contribution in [0.25, 0.3) is 0 Å². The summed E-state index contributed by atoms with van der Waals surface area (Å²) in [7, 11) is 0. The molecule has 0 radical (unpaired) electrons. The van der Waals surface area contributed by atoms with Crippen molar-refractivity contribution in [2.75, 3.05) is 11.1 Å². The molecule has 0 atom stereocenters. The number of carbonyl (C=O) groups is 2. The lowest BCUT2D eigenvalue weighted by atomic mass is 10.1. The van der Waals surface area contributed by atoms with Gasteiger partial charge >= 0.3 is 0 Å². The highest BCUT2D eigenvalue weighted by Crippen LogP contribution is 2.23. The maximum atomic E-state index is 12.6. The van der Waals surface area contributed by atoms with Gasteiger partial charge in [0.2, 0.25) is 5.91 Å². The lowest BCUT2D eigenvalue weighted by molar-refractivity contribution is -0.119. The van der Waals surface area contributed by atoms with Gasteiger partial charge in [0.15, 0.2) is 0 Å². The second kappa shape index (κ2) is 9.28. The number of rotatable bonds is 7. The van der Waals surface area contributed by atoms with Crippen molar-refractivity contribution in [2.45, 2.75) is 38.1 Å². The molecule has 0 aliphatic heterocycles. The van der Waals surface area contributed by atoms with Crippen molar-refractivity contribution in [1.29, 1.82) is 0 Å². The number of carbonyl (C=O) groups excluding carboxylic acids is 2. The molecule has 0 saturated heterocycles. The molecule has 2 rings (SSSR count). The Balaban J connectivity index is 2.05. The van der Waals surface area contributed by atoms with E-state index in [0.717, 1.165) is 17.0 Å². The number of aryl methyl sites for hydroxylation is 1. The SMILES string of the molecule is CCc1ccc(NC(=O)c2ccccc2SCC(=O)NC(C)C)cc1. The molecule has 0 aliphatic carbocycles. The van der Waals surface area contributed by atoms with Gasteiger partial charge < -0.3 is 10.6 Å². The second-order valence-electron chi connectivity index (χ2n) is 6.01. The van der Waals surface area contributed by atoms with E-state index in [1.165, 1.54) is 17.3 Å². The predicted molar refractivity (Wildman–Crippen MR) is 104 cm³/mol. The fraction of sp³-hybridized carbons (Fsp3) is 0.300. The first-order valence-corrected chi connectivity index (χ1v) is 9.39. The largest absolute Gasteiger partial charge is 0.353 e. The Bertz CT molecular complexity index is 727. The Hall–Kier alpha value is -2.27. The molecular formula is C20H24N2O2S. The first-order valence-electron chi connectivity index (χ1n) is 8.41. The van der Waals surface area contributed by atoms with Gasteiger partial charge in [-0.3, -0.25) is 9.59 Å². The fourth-order valence-electron chi connectivity index (χ4n) is 2.31. The maximum Gasteiger partial charge on any atom is 0.256 e. The van der Waals surface area contributed by atoms with E-state index in [0.29, 0.717) is 5.56 Å². The summed E-state index contributed by atoms with van der Waals surface area (Å²) in [4.78, 5) is 25.2. The second-order valence-corrected chi connectivity index (χ2v) is 7.03. The molecule has 25 heavy (non-hydrogen) atoms. The number of benzene rings is 2. The van der Waals surface area contributed by atoms with Gasteiger partial charge in [0.1, 0.15) is 0 Å². The molecule has 0 aliphatic rings. The molecule has 2 N–H and O–H groups in total. The number of hydrogen-bond acceptors (Lipinski definition) is 3. The van der Waals surface area contributed by atoms with E-state index < -0.39 is 0 Å². The lowest BCUT2D eigenvalue weighted by Crippen LogP contribution is -2.31. The smallest absolute Gasteiger partial charge is 0.256 e. The standard InChI is InChI=1S/C20H24N2O2S/c1-4-15-9-11-16(12-10-15)22-20(24)17-7-5-6-8-18(17)25-13-19(23)21-14(2)3/h5-12,14H,4,13H2,1-3H3,(H,21,23)(H,22,24). The summed E-state index contributed by atoms with van der Waals surface area (Å²) in [5, 5.41) is 5.77. The summed E-state index contributed by atoms with van der Waals surface area (Å²) in [6.07, 6.45) is 0.964. The van der Waals surface area contributed by atoms with Gasteiger partial charge in [-0.2, -0.15) is 0 Å². The Kier molecular flexibility index (Phi) is 7.07. The topological polar surface area (TPSA) is 58.2 Å². The van der Waals surface area contributed by atoms with Crippen LogP contribution in [0.5, 0.6) is 0 Å². The van der Waals surface area contributed by atoms with Crippen molar-refractivity contribution in [3.05, 3.63) is 59.7 Å². The van der Waals surface area contributed by atoms with Gasteiger partial charge in [0, 0.05) is 16.6 Å². The zero-order chi connectivity index (χ0) is 18.2. The number of nitrogens with one attached hydrogen (secondary N) is 2. The molecule has 4 nitrogen and oxygen atoms in total. The molecule has 0 unspecified atom stereocenters. The average molecular weight is 356 g/mol. The molecule has 0 heterocycles. The van der Waals surface area contributed by atoms with Crippen molar-refractivity contribution in [3.8, 4) is 0 Å². The summed E-state index contributed by atoms with van der Waals surface area (Å²) < 4.78 is 0. The molecule has 0 saturated carbocycles. The van der Waals surface area contributed by atoms with Crippen LogP contribution in [-0.2, 0) is 11.2 Å². The average Bonchev–Trinajstić information content (AvgIpc) is 2.60. The molecule has 132 valence electrons. The van der Waals surface area contributed by atoms with Gasteiger partial charge in [0.25, 0.3) is 5.91 Å². The Morgan fingerprint density at radius 2 is 1.72 bits per heavy atom. The number of amides is 2. The van der Waals surface area contributed by atoms with Gasteiger partial charge in [0.05, 0.1) is 11.3 Å². The quantitative estimate of drug-likeness (QED) is 0.734. The third-order valence-electron chi connectivity index (χ3n) is 3.56. The molecule has 5 heteroatoms. The molecule has 2 aromatic rings. The normalized spacial score (nSPS) is 10.6. The van der Waals surface area contributed by atoms with Crippen molar-refractivity contribution in [1.82, 2.24) is 5.32 Å². The van der Waals surface area contributed by atoms with Crippen molar-refractivity contribution >= 4 is 29.3 Å². The van der Waals surface area contributed by atoms with E-state index in [1.807, 2.05) is 56.3 Å². The highest BCUT2D eigenvalue weighted by atomic mass is 32.2. The predicted octanol–water partition coefficient (Wildman–Crippen LogP) is 4.12. The van der Waals surface area contributed by atoms with Crippen molar-refractivity contribution in [3.63, 3.8) is 0 Å². The van der Waals surface area contributed by atoms with Crippen LogP contribution in [0.2, 0.25) is 0 Å². The van der Waals surface area contributed by atoms with Crippen LogP contribution in [0.15, 0.2) is 53.4 Å². The molecule has 2 amide bonds. The van der Waals surface area contributed by atoms with Gasteiger partial charge in [-0.15, -0.1) is 11.8 Å². The summed E-state index contributed by atoms with van der Waals surface area (Å²) >= 11 is 1.37. The summed E-state index contributed by atoms with van der Waals surface area (Å²) in [6, 6.07) is 15.3. The Morgan fingerprint density at radius 1 is 1.04 bits per heavy atom. The monoisotopic (exact) mass is 356 g/mol. The minimum absolute atomic E-state index is 0.0367. The number of thioether (sulfide) groups is 1. The molecular weight excluding hydrogens is 332 g/mol. The van der Waals surface area contributed by atoms with Crippen molar-refractivity contribution < 1.29 is 9.59 Å². The lowest BCUT2D eigenvalue weighted by Gasteiger charge is -2.11. The third-order valence-corrected chi connectivity index (χ3v) is 4.63. The van der Waals surface area contributed by atoms with Crippen LogP contribution in [0, 0.1) is 0 Å². The van der Waals surface area contributed by atoms with E-state index in [2.05, 4.69) is 17.6 Å². The molecule has 0 bridgehead atoms. The van der Waals surface area contributed by atoms with E-state index in [1.54, 1.807) is 6.07 Å². The fourth-order valence-corrected chi connectivity index (χ4v) is 3.17. The van der Waals surface area contributed by atoms with E-state index in [9.17, 15) is 9.59 Å². The Morgan fingerprint density at radius 3 is 2.36 bits per heavy atom. The van der Waals surface area contributed by atoms with Crippen LogP contribution in [-0.4, -0.2) is 23.6 Å². The molecule has 0 aromatic heterocycles. The zero-order valence-corrected chi connectivity index (χ0v) is 15.7. The molecule has 0 fully saturated rings. The van der Waals surface area contributed by atoms with Crippen LogP contribution in [0.3, 0.4) is 0 Å². The minimum atomic E-state index is -0.170. The van der Waals surface area contributed by atoms with Crippen LogP contribution in [0.4, 0.5) is 5.69 Å². The highest BCUT2D eigenvalue weighted by molar-refractivity contribution is 8.00. The van der Waals surface area contributed by atoms with Gasteiger partial charge in [-0.05, 0) is 50.1 Å². The van der Waals surface area contributed by atoms with Gasteiger partial charge in [-0.25, -0.2) is 0 Å². The van der Waals surface area contributed by atoms with Crippen molar-refractivity contribution in [2.24, 2.45) is 0 Å². The number of anilines is 1. The third kappa shape index (κ3) is 5.94. The van der Waals surface area contributed by atoms with Crippen LogP contribution in [0.1, 0.15) is 36.7 Å². The Labute approximate surface area is 153 Å². The van der Waals surface area contributed by atoms with E-state index in [4.69, 9.17) is 0 Å². The summed E-state index contributed by atoms with van der Waals surface area (Å²) in [5.74, 6) is 0.0789. The first-order chi connectivity index (χ1) is 12.0. The van der Waals surface area contributed by atoms with Crippen LogP contribution < -0.4 is 10.6 Å². The van der Waals surface area contributed by atoms with Crippen LogP contribution >= 0.6 is 11.8 Å². The van der Waals surface area contributed by atoms with Gasteiger partial charge in [-0.1, -0.05) is 31.2 Å². The maximum absolute atomic E-state index is 12.6. The highest BCUT2D eigenvalue weighted by Gasteiger charge is 2.13.